The number of hydrogen-bond donors (Lipinski definition) is 2. The van der Waals surface area contributed by atoms with Crippen molar-refractivity contribution in [1.82, 2.24) is 5.32 Å². The first kappa shape index (κ1) is 11.4. The van der Waals surface area contributed by atoms with E-state index in [4.69, 9.17) is 10.5 Å². The van der Waals surface area contributed by atoms with Gasteiger partial charge in [0, 0.05) is 0 Å². The topological polar surface area (TPSA) is 64.3 Å². The van der Waals surface area contributed by atoms with E-state index in [1.165, 1.54) is 0 Å². The van der Waals surface area contributed by atoms with Crippen LogP contribution < -0.4 is 11.1 Å². The molecule has 0 amide bonds. The molecule has 0 bridgehead atoms. The van der Waals surface area contributed by atoms with Crippen LogP contribution in [0.15, 0.2) is 0 Å². The standard InChI is InChI=1S/C8H18N2O2/c1-8(2,3)12-7(11)5-6(9)10-4/h6,10H,5,9H2,1-4H3. The third-order valence-electron chi connectivity index (χ3n) is 1.18. The first-order chi connectivity index (χ1) is 5.35. The van der Waals surface area contributed by atoms with Crippen molar-refractivity contribution in [3.05, 3.63) is 0 Å². The lowest BCUT2D eigenvalue weighted by atomic mass is 10.2. The van der Waals surface area contributed by atoms with E-state index < -0.39 is 5.60 Å². The second-order valence-corrected chi connectivity index (χ2v) is 3.69. The van der Waals surface area contributed by atoms with Gasteiger partial charge in [0.1, 0.15) is 5.60 Å². The fraction of sp³-hybridized carbons (Fsp3) is 0.875. The molecule has 0 saturated heterocycles. The van der Waals surface area contributed by atoms with Crippen LogP contribution in [-0.4, -0.2) is 24.8 Å². The molecule has 0 aromatic heterocycles. The summed E-state index contributed by atoms with van der Waals surface area (Å²) >= 11 is 0. The smallest absolute Gasteiger partial charge is 0.309 e. The van der Waals surface area contributed by atoms with Crippen molar-refractivity contribution in [3.63, 3.8) is 0 Å². The monoisotopic (exact) mass is 174 g/mol. The van der Waals surface area contributed by atoms with Crippen LogP contribution in [0.25, 0.3) is 0 Å². The highest BCUT2D eigenvalue weighted by molar-refractivity contribution is 5.70. The van der Waals surface area contributed by atoms with Crippen molar-refractivity contribution >= 4 is 5.97 Å². The van der Waals surface area contributed by atoms with Crippen LogP contribution in [-0.2, 0) is 9.53 Å². The minimum Gasteiger partial charge on any atom is -0.460 e. The molecule has 0 fully saturated rings. The van der Waals surface area contributed by atoms with Crippen LogP contribution in [0.4, 0.5) is 0 Å². The van der Waals surface area contributed by atoms with Gasteiger partial charge in [-0.05, 0) is 27.8 Å². The quantitative estimate of drug-likeness (QED) is 0.474. The molecule has 0 aliphatic rings. The summed E-state index contributed by atoms with van der Waals surface area (Å²) in [5.41, 5.74) is 5.05. The second-order valence-electron chi connectivity index (χ2n) is 3.69. The Morgan fingerprint density at radius 1 is 1.58 bits per heavy atom. The number of carbonyl (C=O) groups is 1. The van der Waals surface area contributed by atoms with Crippen LogP contribution in [0.3, 0.4) is 0 Å². The van der Waals surface area contributed by atoms with E-state index in [1.807, 2.05) is 20.8 Å². The highest BCUT2D eigenvalue weighted by Crippen LogP contribution is 2.08. The maximum atomic E-state index is 11.1. The Balaban J connectivity index is 3.75. The van der Waals surface area contributed by atoms with Gasteiger partial charge >= 0.3 is 5.97 Å². The van der Waals surface area contributed by atoms with E-state index in [-0.39, 0.29) is 18.6 Å². The Kier molecular flexibility index (Phi) is 4.20. The van der Waals surface area contributed by atoms with Crippen LogP contribution >= 0.6 is 0 Å². The maximum absolute atomic E-state index is 11.1. The fourth-order valence-corrected chi connectivity index (χ4v) is 0.665. The minimum atomic E-state index is -0.426. The fourth-order valence-electron chi connectivity index (χ4n) is 0.665. The first-order valence-electron chi connectivity index (χ1n) is 4.00. The Morgan fingerprint density at radius 3 is 2.42 bits per heavy atom. The molecule has 4 heteroatoms. The molecule has 72 valence electrons. The van der Waals surface area contributed by atoms with Gasteiger partial charge in [0.15, 0.2) is 0 Å². The number of rotatable bonds is 3. The number of ether oxygens (including phenoxy) is 1. The molecular weight excluding hydrogens is 156 g/mol. The van der Waals surface area contributed by atoms with Crippen molar-refractivity contribution in [2.75, 3.05) is 7.05 Å². The molecule has 3 N–H and O–H groups in total. The third-order valence-corrected chi connectivity index (χ3v) is 1.18. The van der Waals surface area contributed by atoms with Crippen molar-refractivity contribution in [3.8, 4) is 0 Å². The minimum absolute atomic E-state index is 0.202. The van der Waals surface area contributed by atoms with Crippen molar-refractivity contribution in [1.29, 1.82) is 0 Å². The van der Waals surface area contributed by atoms with Crippen LogP contribution in [0.1, 0.15) is 27.2 Å². The zero-order chi connectivity index (χ0) is 9.78. The van der Waals surface area contributed by atoms with E-state index in [2.05, 4.69) is 5.32 Å². The number of carbonyl (C=O) groups excluding carboxylic acids is 1. The van der Waals surface area contributed by atoms with E-state index in [0.29, 0.717) is 0 Å². The molecule has 0 spiro atoms. The predicted octanol–water partition coefficient (Wildman–Crippen LogP) is 0.222. The summed E-state index contributed by atoms with van der Waals surface area (Å²) in [4.78, 5) is 11.1. The molecule has 0 aromatic carbocycles. The lowest BCUT2D eigenvalue weighted by molar-refractivity contribution is -0.155. The molecule has 0 rings (SSSR count). The van der Waals surface area contributed by atoms with Crippen molar-refractivity contribution in [2.45, 2.75) is 39.0 Å². The molecule has 0 aliphatic carbocycles. The molecule has 0 heterocycles. The third kappa shape index (κ3) is 6.12. The normalized spacial score (nSPS) is 14.1. The zero-order valence-corrected chi connectivity index (χ0v) is 8.18. The number of nitrogens with two attached hydrogens (primary N) is 1. The maximum Gasteiger partial charge on any atom is 0.309 e. The molecule has 12 heavy (non-hydrogen) atoms. The van der Waals surface area contributed by atoms with Gasteiger partial charge in [0.05, 0.1) is 12.6 Å². The van der Waals surface area contributed by atoms with Crippen molar-refractivity contribution in [2.24, 2.45) is 5.73 Å². The van der Waals surface area contributed by atoms with Gasteiger partial charge in [-0.2, -0.15) is 0 Å². The summed E-state index contributed by atoms with van der Waals surface area (Å²) in [6.07, 6.45) is -0.117. The Bertz CT molecular complexity index is 152. The molecule has 0 aromatic rings. The summed E-state index contributed by atoms with van der Waals surface area (Å²) in [6, 6.07) is 0. The van der Waals surface area contributed by atoms with Gasteiger partial charge in [0.2, 0.25) is 0 Å². The van der Waals surface area contributed by atoms with Crippen LogP contribution in [0, 0.1) is 0 Å². The largest absolute Gasteiger partial charge is 0.460 e. The van der Waals surface area contributed by atoms with Gasteiger partial charge in [-0.25, -0.2) is 0 Å². The summed E-state index contributed by atoms with van der Waals surface area (Å²) in [5, 5.41) is 2.76. The number of esters is 1. The summed E-state index contributed by atoms with van der Waals surface area (Å²) in [7, 11) is 1.70. The highest BCUT2D eigenvalue weighted by atomic mass is 16.6. The SMILES string of the molecule is CNC(N)CC(=O)OC(C)(C)C. The molecular formula is C8H18N2O2. The first-order valence-corrected chi connectivity index (χ1v) is 4.00. The Labute approximate surface area is 73.5 Å². The molecule has 0 radical (unpaired) electrons. The van der Waals surface area contributed by atoms with E-state index in [0.717, 1.165) is 0 Å². The molecule has 4 nitrogen and oxygen atoms in total. The molecule has 0 aliphatic heterocycles. The second kappa shape index (κ2) is 4.42. The number of nitrogens with one attached hydrogen (secondary N) is 1. The molecule has 1 unspecified atom stereocenters. The average molecular weight is 174 g/mol. The number of hydrogen-bond acceptors (Lipinski definition) is 4. The molecule has 0 saturated carbocycles. The average Bonchev–Trinajstić information content (AvgIpc) is 1.82. The molecule has 1 atom stereocenters. The predicted molar refractivity (Wildman–Crippen MR) is 47.5 cm³/mol. The van der Waals surface area contributed by atoms with Gasteiger partial charge in [-0.15, -0.1) is 0 Å². The summed E-state index contributed by atoms with van der Waals surface area (Å²) < 4.78 is 5.05. The highest BCUT2D eigenvalue weighted by Gasteiger charge is 2.17. The van der Waals surface area contributed by atoms with Crippen molar-refractivity contribution < 1.29 is 9.53 Å². The summed E-state index contributed by atoms with van der Waals surface area (Å²) in [5.74, 6) is -0.274. The van der Waals surface area contributed by atoms with Crippen LogP contribution in [0.2, 0.25) is 0 Å². The Morgan fingerprint density at radius 2 is 2.08 bits per heavy atom. The van der Waals surface area contributed by atoms with E-state index >= 15 is 0 Å². The van der Waals surface area contributed by atoms with Gasteiger partial charge in [0.25, 0.3) is 0 Å². The zero-order valence-electron chi connectivity index (χ0n) is 8.18. The van der Waals surface area contributed by atoms with Gasteiger partial charge < -0.3 is 15.8 Å². The lowest BCUT2D eigenvalue weighted by Gasteiger charge is -2.20. The van der Waals surface area contributed by atoms with Gasteiger partial charge in [-0.1, -0.05) is 0 Å². The van der Waals surface area contributed by atoms with E-state index in [9.17, 15) is 4.79 Å². The van der Waals surface area contributed by atoms with E-state index in [1.54, 1.807) is 7.05 Å². The van der Waals surface area contributed by atoms with Crippen LogP contribution in [0.5, 0.6) is 0 Å². The Hall–Kier alpha value is -0.610. The lowest BCUT2D eigenvalue weighted by Crippen LogP contribution is -2.38. The summed E-state index contributed by atoms with van der Waals surface area (Å²) in [6.45, 7) is 5.49. The van der Waals surface area contributed by atoms with Gasteiger partial charge in [-0.3, -0.25) is 4.79 Å².